The maximum Gasteiger partial charge on any atom is 0.410 e. The normalized spacial score (nSPS) is 17.3. The van der Waals surface area contributed by atoms with Crippen LogP contribution in [0.1, 0.15) is 44.7 Å². The number of piperidine rings is 1. The van der Waals surface area contributed by atoms with Crippen LogP contribution in [0.5, 0.6) is 11.5 Å². The number of hydrogen-bond donors (Lipinski definition) is 0. The molecule has 31 heavy (non-hydrogen) atoms. The summed E-state index contributed by atoms with van der Waals surface area (Å²) in [5, 5.41) is 1.17. The molecule has 2 aliphatic heterocycles. The largest absolute Gasteiger partial charge is 0.492 e. The Morgan fingerprint density at radius 3 is 2.45 bits per heavy atom. The minimum absolute atomic E-state index is 0.0710. The van der Waals surface area contributed by atoms with Gasteiger partial charge in [-0.15, -0.1) is 0 Å². The van der Waals surface area contributed by atoms with Gasteiger partial charge in [-0.1, -0.05) is 35.3 Å². The molecule has 1 amide bonds. The number of amides is 1. The summed E-state index contributed by atoms with van der Waals surface area (Å²) in [6.45, 7) is 7.86. The van der Waals surface area contributed by atoms with Gasteiger partial charge in [-0.3, -0.25) is 0 Å². The number of halogens is 2. The molecule has 1 saturated heterocycles. The predicted molar refractivity (Wildman–Crippen MR) is 121 cm³/mol. The minimum atomic E-state index is -0.486. The summed E-state index contributed by atoms with van der Waals surface area (Å²) in [5.74, 6) is 1.55. The van der Waals surface area contributed by atoms with E-state index in [9.17, 15) is 4.79 Å². The molecule has 0 bridgehead atoms. The summed E-state index contributed by atoms with van der Waals surface area (Å²) >= 11 is 12.5. The van der Waals surface area contributed by atoms with Gasteiger partial charge in [0.25, 0.3) is 0 Å². The van der Waals surface area contributed by atoms with Gasteiger partial charge in [0, 0.05) is 45.7 Å². The molecule has 1 spiro atoms. The Kier molecular flexibility index (Phi) is 6.01. The molecule has 0 atom stereocenters. The number of rotatable bonds is 3. The zero-order valence-corrected chi connectivity index (χ0v) is 19.6. The van der Waals surface area contributed by atoms with E-state index in [1.807, 2.05) is 39.0 Å². The van der Waals surface area contributed by atoms with Crippen molar-refractivity contribution in [3.05, 3.63) is 57.6 Å². The Labute approximate surface area is 193 Å². The Balaban J connectivity index is 1.42. The number of ether oxygens (including phenoxy) is 3. The van der Waals surface area contributed by atoms with E-state index in [0.717, 1.165) is 24.2 Å². The van der Waals surface area contributed by atoms with Crippen molar-refractivity contribution in [2.24, 2.45) is 0 Å². The van der Waals surface area contributed by atoms with Gasteiger partial charge in [0.15, 0.2) is 0 Å². The molecule has 0 unspecified atom stereocenters. The second kappa shape index (κ2) is 8.44. The highest BCUT2D eigenvalue weighted by Crippen LogP contribution is 2.47. The van der Waals surface area contributed by atoms with E-state index in [-0.39, 0.29) is 18.1 Å². The van der Waals surface area contributed by atoms with E-state index in [2.05, 4.69) is 6.07 Å². The third kappa shape index (κ3) is 4.73. The summed E-state index contributed by atoms with van der Waals surface area (Å²) in [6, 6.07) is 11.4. The Bertz CT molecular complexity index is 958. The third-order valence-electron chi connectivity index (χ3n) is 5.85. The highest BCUT2D eigenvalue weighted by molar-refractivity contribution is 6.35. The van der Waals surface area contributed by atoms with E-state index in [1.165, 1.54) is 5.56 Å². The summed E-state index contributed by atoms with van der Waals surface area (Å²) in [4.78, 5) is 14.2. The number of carbonyl (C=O) groups is 1. The van der Waals surface area contributed by atoms with E-state index >= 15 is 0 Å². The predicted octanol–water partition coefficient (Wildman–Crippen LogP) is 6.23. The van der Waals surface area contributed by atoms with Crippen LogP contribution >= 0.6 is 23.2 Å². The molecule has 0 saturated carbocycles. The topological polar surface area (TPSA) is 48.0 Å². The number of hydrogen-bond acceptors (Lipinski definition) is 4. The SMILES string of the molecule is CC(C)(C)OC(=O)N1CCC2(CC1)COc1cc(OCc3c(Cl)cccc3Cl)ccc12. The van der Waals surface area contributed by atoms with Crippen molar-refractivity contribution in [2.75, 3.05) is 19.7 Å². The molecule has 166 valence electrons. The fourth-order valence-corrected chi connectivity index (χ4v) is 4.63. The Morgan fingerprint density at radius 1 is 1.13 bits per heavy atom. The quantitative estimate of drug-likeness (QED) is 0.540. The smallest absolute Gasteiger partial charge is 0.410 e. The van der Waals surface area contributed by atoms with Crippen molar-refractivity contribution >= 4 is 29.3 Å². The van der Waals surface area contributed by atoms with Crippen molar-refractivity contribution in [3.8, 4) is 11.5 Å². The number of benzene rings is 2. The van der Waals surface area contributed by atoms with Gasteiger partial charge in [0.2, 0.25) is 0 Å². The lowest BCUT2D eigenvalue weighted by Crippen LogP contribution is -2.47. The van der Waals surface area contributed by atoms with Gasteiger partial charge in [0.05, 0.1) is 6.61 Å². The molecule has 1 fully saturated rings. The monoisotopic (exact) mass is 463 g/mol. The minimum Gasteiger partial charge on any atom is -0.492 e. The molecule has 2 aliphatic rings. The van der Waals surface area contributed by atoms with E-state index < -0.39 is 5.60 Å². The van der Waals surface area contributed by atoms with Crippen LogP contribution < -0.4 is 9.47 Å². The molecule has 0 aliphatic carbocycles. The number of carbonyl (C=O) groups excluding carboxylic acids is 1. The second-order valence-corrected chi connectivity index (χ2v) is 10.00. The van der Waals surface area contributed by atoms with Crippen molar-refractivity contribution in [3.63, 3.8) is 0 Å². The standard InChI is InChI=1S/C24H27Cl2NO4/c1-23(2,3)31-22(28)27-11-9-24(10-12-27)15-30-21-13-16(7-8-18(21)24)29-14-17-19(25)5-4-6-20(17)26/h4-8,13H,9-12,14-15H2,1-3H3. The van der Waals surface area contributed by atoms with Gasteiger partial charge < -0.3 is 19.1 Å². The van der Waals surface area contributed by atoms with Crippen LogP contribution in [0, 0.1) is 0 Å². The first-order valence-electron chi connectivity index (χ1n) is 10.5. The van der Waals surface area contributed by atoms with E-state index in [0.29, 0.717) is 35.5 Å². The average Bonchev–Trinajstić information content (AvgIpc) is 3.04. The van der Waals surface area contributed by atoms with Crippen LogP contribution in [-0.4, -0.2) is 36.3 Å². The molecular weight excluding hydrogens is 437 g/mol. The van der Waals surface area contributed by atoms with Gasteiger partial charge >= 0.3 is 6.09 Å². The van der Waals surface area contributed by atoms with Crippen LogP contribution in [0.3, 0.4) is 0 Å². The lowest BCUT2D eigenvalue weighted by atomic mass is 9.74. The van der Waals surface area contributed by atoms with Gasteiger partial charge in [-0.2, -0.15) is 0 Å². The summed E-state index contributed by atoms with van der Waals surface area (Å²) < 4.78 is 17.5. The average molecular weight is 464 g/mol. The molecule has 2 heterocycles. The van der Waals surface area contributed by atoms with E-state index in [4.69, 9.17) is 37.4 Å². The second-order valence-electron chi connectivity index (χ2n) is 9.18. The van der Waals surface area contributed by atoms with Gasteiger partial charge in [-0.05, 0) is 51.8 Å². The zero-order valence-electron chi connectivity index (χ0n) is 18.0. The zero-order chi connectivity index (χ0) is 22.2. The molecule has 0 aromatic heterocycles. The van der Waals surface area contributed by atoms with Crippen molar-refractivity contribution in [1.82, 2.24) is 4.90 Å². The molecule has 4 rings (SSSR count). The Hall–Kier alpha value is -2.11. The first kappa shape index (κ1) is 22.1. The first-order chi connectivity index (χ1) is 14.7. The van der Waals surface area contributed by atoms with Gasteiger partial charge in [-0.25, -0.2) is 4.79 Å². The molecule has 2 aromatic carbocycles. The summed E-state index contributed by atoms with van der Waals surface area (Å²) in [5.41, 5.74) is 1.39. The highest BCUT2D eigenvalue weighted by Gasteiger charge is 2.44. The number of nitrogens with zero attached hydrogens (tertiary/aromatic N) is 1. The van der Waals surface area contributed by atoms with Crippen molar-refractivity contribution < 1.29 is 19.0 Å². The van der Waals surface area contributed by atoms with Crippen LogP contribution in [0.2, 0.25) is 10.0 Å². The fourth-order valence-electron chi connectivity index (χ4n) is 4.13. The molecule has 2 aromatic rings. The molecule has 5 nitrogen and oxygen atoms in total. The number of likely N-dealkylation sites (tertiary alicyclic amines) is 1. The number of fused-ring (bicyclic) bond motifs is 2. The third-order valence-corrected chi connectivity index (χ3v) is 6.55. The van der Waals surface area contributed by atoms with Crippen LogP contribution in [0.15, 0.2) is 36.4 Å². The van der Waals surface area contributed by atoms with Crippen LogP contribution in [0.25, 0.3) is 0 Å². The maximum atomic E-state index is 12.4. The van der Waals surface area contributed by atoms with Crippen molar-refractivity contribution in [1.29, 1.82) is 0 Å². The fraction of sp³-hybridized carbons (Fsp3) is 0.458. The highest BCUT2D eigenvalue weighted by atomic mass is 35.5. The molecule has 0 radical (unpaired) electrons. The van der Waals surface area contributed by atoms with Crippen molar-refractivity contribution in [2.45, 2.75) is 51.2 Å². The molecule has 7 heteroatoms. The van der Waals surface area contributed by atoms with E-state index in [1.54, 1.807) is 17.0 Å². The van der Waals surface area contributed by atoms with Gasteiger partial charge in [0.1, 0.15) is 23.7 Å². The molecular formula is C24H27Cl2NO4. The van der Waals surface area contributed by atoms with Crippen LogP contribution in [-0.2, 0) is 16.8 Å². The first-order valence-corrected chi connectivity index (χ1v) is 11.2. The molecule has 0 N–H and O–H groups in total. The summed E-state index contributed by atoms with van der Waals surface area (Å²) in [7, 11) is 0. The lowest BCUT2D eigenvalue weighted by molar-refractivity contribution is 0.0152. The Morgan fingerprint density at radius 2 is 1.81 bits per heavy atom. The summed E-state index contributed by atoms with van der Waals surface area (Å²) in [6.07, 6.45) is 1.44. The maximum absolute atomic E-state index is 12.4. The lowest BCUT2D eigenvalue weighted by Gasteiger charge is -2.38. The van der Waals surface area contributed by atoms with Crippen LogP contribution in [0.4, 0.5) is 4.79 Å².